The number of aromatic nitrogens is 1. The quantitative estimate of drug-likeness (QED) is 0.719. The summed E-state index contributed by atoms with van der Waals surface area (Å²) < 4.78 is 23.7. The number of piperazine rings is 1. The van der Waals surface area contributed by atoms with E-state index in [1.54, 1.807) is 19.5 Å². The number of benzene rings is 1. The van der Waals surface area contributed by atoms with Crippen molar-refractivity contribution in [2.75, 3.05) is 44.8 Å². The summed E-state index contributed by atoms with van der Waals surface area (Å²) in [5, 5.41) is 11.5. The molecule has 5 rings (SSSR count). The van der Waals surface area contributed by atoms with E-state index >= 15 is 0 Å². The van der Waals surface area contributed by atoms with Crippen molar-refractivity contribution < 1.29 is 24.1 Å². The molecule has 4 heterocycles. The molecule has 8 nitrogen and oxygen atoms in total. The second kappa shape index (κ2) is 9.54. The van der Waals surface area contributed by atoms with Crippen LogP contribution in [0.3, 0.4) is 0 Å². The summed E-state index contributed by atoms with van der Waals surface area (Å²) in [6.07, 6.45) is 3.96. The molecule has 1 aromatic carbocycles. The highest BCUT2D eigenvalue weighted by atomic mass is 16.8. The molecule has 1 N–H and O–H groups in total. The van der Waals surface area contributed by atoms with Gasteiger partial charge in [0.15, 0.2) is 11.9 Å². The molecule has 4 atom stereocenters. The number of hydrogen-bond donors (Lipinski definition) is 1. The SMILES string of the molecule is COc1ccccc1N1CCN([C@H]2/C(=C/c3cccnc3)O[C@H](C3COC(C)(C)O3)[C@@H]2O)CC1. The van der Waals surface area contributed by atoms with Crippen molar-refractivity contribution in [3.63, 3.8) is 0 Å². The molecule has 3 aliphatic rings. The summed E-state index contributed by atoms with van der Waals surface area (Å²) in [5.74, 6) is 0.933. The van der Waals surface area contributed by atoms with Crippen LogP contribution >= 0.6 is 0 Å². The fraction of sp³-hybridized carbons (Fsp3) is 0.500. The first-order chi connectivity index (χ1) is 16.4. The Hall–Kier alpha value is -2.65. The van der Waals surface area contributed by atoms with Crippen molar-refractivity contribution in [1.29, 1.82) is 0 Å². The van der Waals surface area contributed by atoms with E-state index in [2.05, 4.69) is 20.9 Å². The molecule has 0 aliphatic carbocycles. The summed E-state index contributed by atoms with van der Waals surface area (Å²) in [6.45, 7) is 7.38. The highest BCUT2D eigenvalue weighted by molar-refractivity contribution is 5.59. The van der Waals surface area contributed by atoms with Gasteiger partial charge in [-0.05, 0) is 43.7 Å². The predicted octanol–water partition coefficient (Wildman–Crippen LogP) is 2.53. The number of rotatable bonds is 5. The Morgan fingerprint density at radius 2 is 1.91 bits per heavy atom. The van der Waals surface area contributed by atoms with Gasteiger partial charge in [0.2, 0.25) is 0 Å². The first-order valence-electron chi connectivity index (χ1n) is 11.9. The van der Waals surface area contributed by atoms with Gasteiger partial charge in [-0.2, -0.15) is 0 Å². The van der Waals surface area contributed by atoms with Crippen LogP contribution in [0.2, 0.25) is 0 Å². The van der Waals surface area contributed by atoms with Crippen LogP contribution in [0.5, 0.6) is 5.75 Å². The Bertz CT molecular complexity index is 1010. The minimum absolute atomic E-state index is 0.266. The van der Waals surface area contributed by atoms with Crippen molar-refractivity contribution in [1.82, 2.24) is 9.88 Å². The average molecular weight is 468 g/mol. The third kappa shape index (κ3) is 4.63. The fourth-order valence-corrected chi connectivity index (χ4v) is 5.09. The molecular weight excluding hydrogens is 434 g/mol. The number of nitrogens with zero attached hydrogens (tertiary/aromatic N) is 3. The number of ether oxygens (including phenoxy) is 4. The smallest absolute Gasteiger partial charge is 0.163 e. The molecule has 3 saturated heterocycles. The Kier molecular flexibility index (Phi) is 6.48. The molecule has 0 spiro atoms. The van der Waals surface area contributed by atoms with Gasteiger partial charge in [-0.25, -0.2) is 0 Å². The van der Waals surface area contributed by atoms with Gasteiger partial charge in [0, 0.05) is 38.6 Å². The molecule has 8 heteroatoms. The highest BCUT2D eigenvalue weighted by Crippen LogP contribution is 2.37. The van der Waals surface area contributed by atoms with E-state index in [1.165, 1.54) is 0 Å². The maximum absolute atomic E-state index is 11.5. The van der Waals surface area contributed by atoms with E-state index in [0.717, 1.165) is 48.9 Å². The van der Waals surface area contributed by atoms with E-state index in [1.807, 2.05) is 50.3 Å². The molecule has 3 fully saturated rings. The summed E-state index contributed by atoms with van der Waals surface area (Å²) >= 11 is 0. The molecule has 0 amide bonds. The molecule has 182 valence electrons. The molecule has 2 aromatic rings. The van der Waals surface area contributed by atoms with Gasteiger partial charge >= 0.3 is 0 Å². The zero-order valence-electron chi connectivity index (χ0n) is 20.0. The van der Waals surface area contributed by atoms with Crippen LogP contribution in [-0.2, 0) is 14.2 Å². The molecule has 0 bridgehead atoms. The van der Waals surface area contributed by atoms with Gasteiger partial charge in [0.05, 0.1) is 25.4 Å². The lowest BCUT2D eigenvalue weighted by Crippen LogP contribution is -2.54. The standard InChI is InChI=1S/C26H33N3O5/c1-26(2)32-17-22(34-26)25-24(30)23(21(33-25)15-18-7-6-10-27-16-18)29-13-11-28(12-14-29)19-8-4-5-9-20(19)31-3/h4-10,15-16,22-25,30H,11-14,17H2,1-3H3/b21-15-/t22?,23-,24+,25+/m0/s1. The summed E-state index contributed by atoms with van der Waals surface area (Å²) in [5.41, 5.74) is 2.03. The molecule has 1 unspecified atom stereocenters. The van der Waals surface area contributed by atoms with E-state index in [-0.39, 0.29) is 12.1 Å². The van der Waals surface area contributed by atoms with Crippen molar-refractivity contribution in [2.45, 2.75) is 44.0 Å². The van der Waals surface area contributed by atoms with Crippen molar-refractivity contribution >= 4 is 11.8 Å². The Morgan fingerprint density at radius 3 is 2.59 bits per heavy atom. The van der Waals surface area contributed by atoms with Gasteiger partial charge in [-0.1, -0.05) is 18.2 Å². The van der Waals surface area contributed by atoms with Gasteiger partial charge in [-0.15, -0.1) is 0 Å². The largest absolute Gasteiger partial charge is 0.495 e. The van der Waals surface area contributed by atoms with Crippen LogP contribution in [-0.4, -0.2) is 85.0 Å². The lowest BCUT2D eigenvalue weighted by atomic mass is 10.0. The van der Waals surface area contributed by atoms with E-state index in [0.29, 0.717) is 6.61 Å². The lowest BCUT2D eigenvalue weighted by molar-refractivity contribution is -0.156. The van der Waals surface area contributed by atoms with Gasteiger partial charge in [-0.3, -0.25) is 9.88 Å². The zero-order chi connectivity index (χ0) is 23.7. The molecule has 1 aromatic heterocycles. The summed E-state index contributed by atoms with van der Waals surface area (Å²) in [4.78, 5) is 8.85. The molecular formula is C26H33N3O5. The normalized spacial score (nSPS) is 30.5. The Morgan fingerprint density at radius 1 is 1.12 bits per heavy atom. The number of aliphatic hydroxyl groups is 1. The Balaban J connectivity index is 1.36. The molecule has 0 saturated carbocycles. The predicted molar refractivity (Wildman–Crippen MR) is 129 cm³/mol. The minimum Gasteiger partial charge on any atom is -0.495 e. The maximum atomic E-state index is 11.5. The van der Waals surface area contributed by atoms with Gasteiger partial charge in [0.25, 0.3) is 0 Å². The summed E-state index contributed by atoms with van der Waals surface area (Å²) in [6, 6.07) is 11.7. The first kappa shape index (κ1) is 23.1. The third-order valence-corrected chi connectivity index (χ3v) is 6.75. The number of hydrogen-bond acceptors (Lipinski definition) is 8. The first-order valence-corrected chi connectivity index (χ1v) is 11.9. The van der Waals surface area contributed by atoms with Crippen LogP contribution in [0.1, 0.15) is 19.4 Å². The lowest BCUT2D eigenvalue weighted by Gasteiger charge is -2.40. The molecule has 34 heavy (non-hydrogen) atoms. The average Bonchev–Trinajstić information content (AvgIpc) is 3.38. The van der Waals surface area contributed by atoms with Crippen LogP contribution in [0.4, 0.5) is 5.69 Å². The topological polar surface area (TPSA) is 76.5 Å². The summed E-state index contributed by atoms with van der Waals surface area (Å²) in [7, 11) is 1.70. The second-order valence-corrected chi connectivity index (χ2v) is 9.41. The van der Waals surface area contributed by atoms with E-state index in [9.17, 15) is 5.11 Å². The van der Waals surface area contributed by atoms with Crippen LogP contribution in [0.25, 0.3) is 6.08 Å². The third-order valence-electron chi connectivity index (χ3n) is 6.75. The minimum atomic E-state index is -0.733. The Labute approximate surface area is 200 Å². The van der Waals surface area contributed by atoms with E-state index < -0.39 is 18.0 Å². The number of para-hydroxylation sites is 2. The van der Waals surface area contributed by atoms with Crippen molar-refractivity contribution in [3.8, 4) is 5.75 Å². The van der Waals surface area contributed by atoms with Gasteiger partial charge in [0.1, 0.15) is 23.7 Å². The van der Waals surface area contributed by atoms with Crippen molar-refractivity contribution in [3.05, 3.63) is 60.1 Å². The number of methoxy groups -OCH3 is 1. The number of aliphatic hydroxyl groups excluding tert-OH is 1. The second-order valence-electron chi connectivity index (χ2n) is 9.41. The zero-order valence-corrected chi connectivity index (χ0v) is 20.0. The fourth-order valence-electron chi connectivity index (χ4n) is 5.09. The van der Waals surface area contributed by atoms with Crippen LogP contribution < -0.4 is 9.64 Å². The molecule has 0 radical (unpaired) electrons. The van der Waals surface area contributed by atoms with Crippen LogP contribution in [0.15, 0.2) is 54.6 Å². The highest BCUT2D eigenvalue weighted by Gasteiger charge is 2.51. The van der Waals surface area contributed by atoms with E-state index in [4.69, 9.17) is 18.9 Å². The number of pyridine rings is 1. The molecule has 3 aliphatic heterocycles. The van der Waals surface area contributed by atoms with Crippen molar-refractivity contribution in [2.24, 2.45) is 0 Å². The maximum Gasteiger partial charge on any atom is 0.163 e. The van der Waals surface area contributed by atoms with Gasteiger partial charge < -0.3 is 29.0 Å². The number of anilines is 1. The monoisotopic (exact) mass is 467 g/mol. The van der Waals surface area contributed by atoms with Crippen LogP contribution in [0, 0.1) is 0 Å².